The molecule has 3 N–H and O–H groups in total. The zero-order valence-electron chi connectivity index (χ0n) is 11.4. The molecule has 3 nitrogen and oxygen atoms in total. The smallest absolute Gasteiger partial charge is 0.0590 e. The van der Waals surface area contributed by atoms with E-state index in [9.17, 15) is 5.11 Å². The molecular formula is C15H23BrN2O. The lowest BCUT2D eigenvalue weighted by molar-refractivity contribution is 0.0341. The predicted molar refractivity (Wildman–Crippen MR) is 81.9 cm³/mol. The lowest BCUT2D eigenvalue weighted by Crippen LogP contribution is -2.42. The van der Waals surface area contributed by atoms with Crippen LogP contribution in [0.2, 0.25) is 0 Å². The molecule has 0 bridgehead atoms. The number of halogens is 1. The Bertz CT molecular complexity index is 396. The molecule has 3 atom stereocenters. The summed E-state index contributed by atoms with van der Waals surface area (Å²) in [5, 5.41) is 9.72. The summed E-state index contributed by atoms with van der Waals surface area (Å²) in [4.78, 5) is 2.41. The van der Waals surface area contributed by atoms with E-state index < -0.39 is 0 Å². The van der Waals surface area contributed by atoms with Crippen molar-refractivity contribution in [1.29, 1.82) is 0 Å². The van der Waals surface area contributed by atoms with Crippen molar-refractivity contribution in [3.8, 4) is 0 Å². The second-order valence-corrected chi connectivity index (χ2v) is 6.50. The monoisotopic (exact) mass is 326 g/mol. The molecule has 106 valence electrons. The number of nitrogens with two attached hydrogens (primary N) is 1. The Morgan fingerprint density at radius 1 is 1.42 bits per heavy atom. The normalized spacial score (nSPS) is 26.3. The van der Waals surface area contributed by atoms with Gasteiger partial charge >= 0.3 is 0 Å². The average Bonchev–Trinajstić information content (AvgIpc) is 2.40. The Balaban J connectivity index is 1.80. The zero-order chi connectivity index (χ0) is 13.8. The van der Waals surface area contributed by atoms with Crippen molar-refractivity contribution in [3.63, 3.8) is 0 Å². The number of nitrogens with zero attached hydrogens (tertiary/aromatic N) is 1. The van der Waals surface area contributed by atoms with Crippen LogP contribution in [-0.2, 0) is 0 Å². The number of hydrogen-bond acceptors (Lipinski definition) is 3. The Hall–Kier alpha value is -0.420. The first kappa shape index (κ1) is 15.0. The highest BCUT2D eigenvalue weighted by Crippen LogP contribution is 2.20. The second kappa shape index (κ2) is 6.84. The number of benzene rings is 1. The minimum absolute atomic E-state index is 0.0928. The predicted octanol–water partition coefficient (Wildman–Crippen LogP) is 2.54. The van der Waals surface area contributed by atoms with E-state index in [2.05, 4.69) is 39.9 Å². The summed E-state index contributed by atoms with van der Waals surface area (Å²) < 4.78 is 1.09. The fraction of sp³-hybridized carbons (Fsp3) is 0.600. The first-order valence-corrected chi connectivity index (χ1v) is 7.77. The van der Waals surface area contributed by atoms with Crippen LogP contribution in [0.4, 0.5) is 0 Å². The number of likely N-dealkylation sites (tertiary alicyclic amines) is 1. The Labute approximate surface area is 123 Å². The fourth-order valence-electron chi connectivity index (χ4n) is 2.62. The SMILES string of the molecule is CC1CN(CCC(N)c2ccc(Br)cc2)CCC1O. The van der Waals surface area contributed by atoms with Crippen LogP contribution in [-0.4, -0.2) is 35.7 Å². The molecule has 0 aromatic heterocycles. The molecule has 1 aliphatic rings. The quantitative estimate of drug-likeness (QED) is 0.893. The van der Waals surface area contributed by atoms with Gasteiger partial charge in [-0.1, -0.05) is 35.0 Å². The third-order valence-electron chi connectivity index (χ3n) is 4.00. The first-order valence-electron chi connectivity index (χ1n) is 6.97. The summed E-state index contributed by atoms with van der Waals surface area (Å²) in [6, 6.07) is 8.33. The summed E-state index contributed by atoms with van der Waals surface area (Å²) in [6.07, 6.45) is 1.72. The van der Waals surface area contributed by atoms with Crippen LogP contribution in [0.15, 0.2) is 28.7 Å². The van der Waals surface area contributed by atoms with Crippen molar-refractivity contribution in [1.82, 2.24) is 4.90 Å². The molecule has 0 amide bonds. The van der Waals surface area contributed by atoms with E-state index in [0.29, 0.717) is 5.92 Å². The molecule has 1 aromatic carbocycles. The molecule has 3 unspecified atom stereocenters. The van der Waals surface area contributed by atoms with Gasteiger partial charge in [-0.3, -0.25) is 0 Å². The molecule has 1 heterocycles. The van der Waals surface area contributed by atoms with Crippen molar-refractivity contribution in [2.75, 3.05) is 19.6 Å². The minimum Gasteiger partial charge on any atom is -0.393 e. The molecule has 1 aliphatic heterocycles. The van der Waals surface area contributed by atoms with Gasteiger partial charge in [-0.25, -0.2) is 0 Å². The van der Waals surface area contributed by atoms with Gasteiger partial charge in [0.1, 0.15) is 0 Å². The maximum atomic E-state index is 9.72. The summed E-state index contributed by atoms with van der Waals surface area (Å²) in [5.74, 6) is 0.373. The zero-order valence-corrected chi connectivity index (χ0v) is 13.0. The number of aliphatic hydroxyl groups is 1. The topological polar surface area (TPSA) is 49.5 Å². The summed E-state index contributed by atoms with van der Waals surface area (Å²) in [6.45, 7) is 5.09. The van der Waals surface area contributed by atoms with Gasteiger partial charge in [-0.15, -0.1) is 0 Å². The van der Waals surface area contributed by atoms with Crippen LogP contribution >= 0.6 is 15.9 Å². The van der Waals surface area contributed by atoms with Gasteiger partial charge in [0.2, 0.25) is 0 Å². The van der Waals surface area contributed by atoms with Gasteiger partial charge in [0.25, 0.3) is 0 Å². The van der Waals surface area contributed by atoms with Gasteiger partial charge in [0.15, 0.2) is 0 Å². The number of hydrogen-bond donors (Lipinski definition) is 2. The largest absolute Gasteiger partial charge is 0.393 e. The standard InChI is InChI=1S/C15H23BrN2O/c1-11-10-18(9-7-15(11)19)8-6-14(17)12-2-4-13(16)5-3-12/h2-5,11,14-15,19H,6-10,17H2,1H3. The van der Waals surface area contributed by atoms with E-state index in [4.69, 9.17) is 5.73 Å². The highest BCUT2D eigenvalue weighted by molar-refractivity contribution is 9.10. The van der Waals surface area contributed by atoms with Crippen molar-refractivity contribution in [2.45, 2.75) is 31.9 Å². The van der Waals surface area contributed by atoms with Crippen LogP contribution in [0.1, 0.15) is 31.4 Å². The molecule has 0 aliphatic carbocycles. The van der Waals surface area contributed by atoms with Crippen LogP contribution in [0.3, 0.4) is 0 Å². The average molecular weight is 327 g/mol. The van der Waals surface area contributed by atoms with Crippen molar-refractivity contribution in [2.24, 2.45) is 11.7 Å². The maximum Gasteiger partial charge on any atom is 0.0590 e. The third kappa shape index (κ3) is 4.28. The van der Waals surface area contributed by atoms with Gasteiger partial charge in [0.05, 0.1) is 6.10 Å². The van der Waals surface area contributed by atoms with E-state index in [-0.39, 0.29) is 12.1 Å². The Kier molecular flexibility index (Phi) is 5.39. The summed E-state index contributed by atoms with van der Waals surface area (Å²) in [5.41, 5.74) is 7.42. The van der Waals surface area contributed by atoms with Gasteiger partial charge in [0, 0.05) is 23.6 Å². The van der Waals surface area contributed by atoms with E-state index >= 15 is 0 Å². The molecule has 0 saturated carbocycles. The summed E-state index contributed by atoms with van der Waals surface area (Å²) >= 11 is 3.44. The van der Waals surface area contributed by atoms with Crippen LogP contribution in [0.25, 0.3) is 0 Å². The van der Waals surface area contributed by atoms with E-state index in [1.54, 1.807) is 0 Å². The molecular weight excluding hydrogens is 304 g/mol. The van der Waals surface area contributed by atoms with Crippen molar-refractivity contribution < 1.29 is 5.11 Å². The molecule has 2 rings (SSSR count). The second-order valence-electron chi connectivity index (χ2n) is 5.58. The lowest BCUT2D eigenvalue weighted by atomic mass is 9.96. The van der Waals surface area contributed by atoms with Crippen LogP contribution < -0.4 is 5.73 Å². The van der Waals surface area contributed by atoms with Gasteiger partial charge in [-0.2, -0.15) is 0 Å². The van der Waals surface area contributed by atoms with Gasteiger partial charge in [-0.05, 0) is 43.0 Å². The van der Waals surface area contributed by atoms with Crippen LogP contribution in [0, 0.1) is 5.92 Å². The first-order chi connectivity index (χ1) is 9.06. The number of aliphatic hydroxyl groups excluding tert-OH is 1. The molecule has 4 heteroatoms. The molecule has 1 aromatic rings. The van der Waals surface area contributed by atoms with Crippen molar-refractivity contribution >= 4 is 15.9 Å². The molecule has 0 radical (unpaired) electrons. The van der Waals surface area contributed by atoms with E-state index in [0.717, 1.165) is 36.9 Å². The van der Waals surface area contributed by atoms with Crippen LogP contribution in [0.5, 0.6) is 0 Å². The fourth-order valence-corrected chi connectivity index (χ4v) is 2.89. The maximum absolute atomic E-state index is 9.72. The Morgan fingerprint density at radius 2 is 2.11 bits per heavy atom. The molecule has 1 fully saturated rings. The van der Waals surface area contributed by atoms with Crippen molar-refractivity contribution in [3.05, 3.63) is 34.3 Å². The summed E-state index contributed by atoms with van der Waals surface area (Å²) in [7, 11) is 0. The lowest BCUT2D eigenvalue weighted by Gasteiger charge is -2.34. The molecule has 1 saturated heterocycles. The number of rotatable bonds is 4. The molecule has 19 heavy (non-hydrogen) atoms. The third-order valence-corrected chi connectivity index (χ3v) is 4.53. The van der Waals surface area contributed by atoms with E-state index in [1.165, 1.54) is 5.56 Å². The number of piperidine rings is 1. The molecule has 0 spiro atoms. The van der Waals surface area contributed by atoms with Gasteiger partial charge < -0.3 is 15.7 Å². The highest BCUT2D eigenvalue weighted by atomic mass is 79.9. The minimum atomic E-state index is -0.128. The van der Waals surface area contributed by atoms with E-state index in [1.807, 2.05) is 12.1 Å². The highest BCUT2D eigenvalue weighted by Gasteiger charge is 2.24. The Morgan fingerprint density at radius 3 is 2.74 bits per heavy atom.